The Morgan fingerprint density at radius 2 is 1.95 bits per heavy atom. The standard InChI is InChI=1S/C12H14Br2N2O2S/c1-8(6-15)7-16(3)19(17,18)12-5-10(13)9(2)4-11(12)14/h4-5,8H,7H2,1-3H3. The summed E-state index contributed by atoms with van der Waals surface area (Å²) in [6.07, 6.45) is 0. The Hall–Kier alpha value is -0.420. The maximum Gasteiger partial charge on any atom is 0.244 e. The van der Waals surface area contributed by atoms with E-state index in [1.165, 1.54) is 11.4 Å². The first-order valence-electron chi connectivity index (χ1n) is 5.51. The smallest absolute Gasteiger partial charge is 0.207 e. The highest BCUT2D eigenvalue weighted by Gasteiger charge is 2.25. The van der Waals surface area contributed by atoms with E-state index in [1.54, 1.807) is 19.1 Å². The molecule has 0 saturated carbocycles. The van der Waals surface area contributed by atoms with Crippen LogP contribution in [0.4, 0.5) is 0 Å². The molecule has 0 aliphatic carbocycles. The first-order chi connectivity index (χ1) is 8.70. The van der Waals surface area contributed by atoms with Crippen molar-refractivity contribution in [1.82, 2.24) is 4.31 Å². The minimum atomic E-state index is -3.61. The molecule has 0 amide bonds. The molecule has 0 aliphatic heterocycles. The first kappa shape index (κ1) is 16.6. The van der Waals surface area contributed by atoms with Gasteiger partial charge in [-0.2, -0.15) is 9.57 Å². The van der Waals surface area contributed by atoms with E-state index in [1.807, 2.05) is 13.0 Å². The van der Waals surface area contributed by atoms with E-state index in [0.717, 1.165) is 10.0 Å². The van der Waals surface area contributed by atoms with Crippen molar-refractivity contribution in [2.75, 3.05) is 13.6 Å². The second kappa shape index (κ2) is 6.35. The van der Waals surface area contributed by atoms with Gasteiger partial charge in [0.2, 0.25) is 10.0 Å². The van der Waals surface area contributed by atoms with Crippen LogP contribution in [0.25, 0.3) is 0 Å². The van der Waals surface area contributed by atoms with Crippen molar-refractivity contribution in [2.45, 2.75) is 18.7 Å². The SMILES string of the molecule is Cc1cc(Br)c(S(=O)(=O)N(C)CC(C)C#N)cc1Br. The largest absolute Gasteiger partial charge is 0.244 e. The maximum absolute atomic E-state index is 12.4. The lowest BCUT2D eigenvalue weighted by Gasteiger charge is -2.19. The van der Waals surface area contributed by atoms with Gasteiger partial charge in [-0.15, -0.1) is 0 Å². The minimum absolute atomic E-state index is 0.163. The van der Waals surface area contributed by atoms with Crippen LogP contribution in [0.5, 0.6) is 0 Å². The molecule has 0 heterocycles. The molecule has 4 nitrogen and oxygen atoms in total. The van der Waals surface area contributed by atoms with Crippen molar-refractivity contribution in [3.8, 4) is 6.07 Å². The number of sulfonamides is 1. The van der Waals surface area contributed by atoms with Crippen molar-refractivity contribution in [3.05, 3.63) is 26.6 Å². The van der Waals surface area contributed by atoms with Crippen LogP contribution in [0.3, 0.4) is 0 Å². The fourth-order valence-electron chi connectivity index (χ4n) is 1.52. The maximum atomic E-state index is 12.4. The molecule has 0 saturated heterocycles. The lowest BCUT2D eigenvalue weighted by molar-refractivity contribution is 0.439. The van der Waals surface area contributed by atoms with E-state index in [9.17, 15) is 8.42 Å². The van der Waals surface area contributed by atoms with Gasteiger partial charge in [0.05, 0.1) is 16.9 Å². The Labute approximate surface area is 130 Å². The monoisotopic (exact) mass is 408 g/mol. The third-order valence-electron chi connectivity index (χ3n) is 2.65. The molecule has 0 aromatic heterocycles. The third-order valence-corrected chi connectivity index (χ3v) is 6.29. The average molecular weight is 410 g/mol. The van der Waals surface area contributed by atoms with Gasteiger partial charge in [-0.3, -0.25) is 0 Å². The number of nitrogens with zero attached hydrogens (tertiary/aromatic N) is 2. The summed E-state index contributed by atoms with van der Waals surface area (Å²) in [4.78, 5) is 0.192. The van der Waals surface area contributed by atoms with E-state index in [4.69, 9.17) is 5.26 Å². The van der Waals surface area contributed by atoms with Crippen molar-refractivity contribution < 1.29 is 8.42 Å². The minimum Gasteiger partial charge on any atom is -0.207 e. The molecule has 0 spiro atoms. The van der Waals surface area contributed by atoms with Gasteiger partial charge in [-0.05, 0) is 47.5 Å². The summed E-state index contributed by atoms with van der Waals surface area (Å²) >= 11 is 6.61. The summed E-state index contributed by atoms with van der Waals surface area (Å²) < 4.78 is 27.3. The number of benzene rings is 1. The van der Waals surface area contributed by atoms with E-state index in [-0.39, 0.29) is 17.4 Å². The van der Waals surface area contributed by atoms with Crippen LogP contribution in [0.1, 0.15) is 12.5 Å². The average Bonchev–Trinajstić information content (AvgIpc) is 2.33. The van der Waals surface area contributed by atoms with Crippen molar-refractivity contribution in [1.29, 1.82) is 5.26 Å². The summed E-state index contributed by atoms with van der Waals surface area (Å²) in [5, 5.41) is 8.77. The zero-order chi connectivity index (χ0) is 14.8. The summed E-state index contributed by atoms with van der Waals surface area (Å²) in [7, 11) is -2.13. The summed E-state index contributed by atoms with van der Waals surface area (Å²) in [6, 6.07) is 5.35. The summed E-state index contributed by atoms with van der Waals surface area (Å²) in [6.45, 7) is 3.73. The second-order valence-corrected chi connectivity index (χ2v) is 8.07. The highest BCUT2D eigenvalue weighted by molar-refractivity contribution is 9.11. The summed E-state index contributed by atoms with van der Waals surface area (Å²) in [5.41, 5.74) is 0.943. The molecule has 1 unspecified atom stereocenters. The highest BCUT2D eigenvalue weighted by Crippen LogP contribution is 2.30. The van der Waals surface area contributed by atoms with Crippen LogP contribution < -0.4 is 0 Å². The topological polar surface area (TPSA) is 61.2 Å². The molecular weight excluding hydrogens is 396 g/mol. The van der Waals surface area contributed by atoms with Gasteiger partial charge in [-0.25, -0.2) is 8.42 Å². The lowest BCUT2D eigenvalue weighted by atomic mass is 10.2. The molecule has 1 atom stereocenters. The second-order valence-electron chi connectivity index (χ2n) is 4.35. The molecule has 1 aromatic carbocycles. The highest BCUT2D eigenvalue weighted by atomic mass is 79.9. The Balaban J connectivity index is 3.21. The van der Waals surface area contributed by atoms with Gasteiger partial charge in [0.1, 0.15) is 0 Å². The molecule has 0 radical (unpaired) electrons. The van der Waals surface area contributed by atoms with Gasteiger partial charge in [0, 0.05) is 22.5 Å². The quantitative estimate of drug-likeness (QED) is 0.766. The number of hydrogen-bond donors (Lipinski definition) is 0. The van der Waals surface area contributed by atoms with E-state index >= 15 is 0 Å². The molecule has 1 aromatic rings. The zero-order valence-corrected chi connectivity index (χ0v) is 14.8. The van der Waals surface area contributed by atoms with E-state index in [0.29, 0.717) is 4.47 Å². The molecule has 1 rings (SSSR count). The van der Waals surface area contributed by atoms with Crippen molar-refractivity contribution >= 4 is 41.9 Å². The Morgan fingerprint density at radius 1 is 1.37 bits per heavy atom. The Kier molecular flexibility index (Phi) is 5.56. The van der Waals surface area contributed by atoms with Gasteiger partial charge in [0.25, 0.3) is 0 Å². The molecule has 0 aliphatic rings. The normalized spacial score (nSPS) is 13.3. The van der Waals surface area contributed by atoms with Gasteiger partial charge >= 0.3 is 0 Å². The van der Waals surface area contributed by atoms with E-state index in [2.05, 4.69) is 31.9 Å². The van der Waals surface area contributed by atoms with Crippen molar-refractivity contribution in [2.24, 2.45) is 5.92 Å². The molecule has 0 N–H and O–H groups in total. The molecule has 19 heavy (non-hydrogen) atoms. The van der Waals surface area contributed by atoms with Crippen LogP contribution in [-0.4, -0.2) is 26.3 Å². The fraction of sp³-hybridized carbons (Fsp3) is 0.417. The van der Waals surface area contributed by atoms with Gasteiger partial charge < -0.3 is 0 Å². The van der Waals surface area contributed by atoms with Gasteiger partial charge in [0.15, 0.2) is 0 Å². The van der Waals surface area contributed by atoms with Crippen molar-refractivity contribution in [3.63, 3.8) is 0 Å². The summed E-state index contributed by atoms with van der Waals surface area (Å²) in [5.74, 6) is -0.354. The molecule has 104 valence electrons. The Morgan fingerprint density at radius 3 is 2.47 bits per heavy atom. The van der Waals surface area contributed by atoms with Gasteiger partial charge in [-0.1, -0.05) is 15.9 Å². The van der Waals surface area contributed by atoms with Crippen LogP contribution in [0, 0.1) is 24.2 Å². The first-order valence-corrected chi connectivity index (χ1v) is 8.54. The molecular formula is C12H14Br2N2O2S. The number of nitriles is 1. The predicted octanol–water partition coefficient (Wildman–Crippen LogP) is 3.30. The fourth-order valence-corrected chi connectivity index (χ4v) is 4.41. The van der Waals surface area contributed by atoms with Crippen LogP contribution >= 0.6 is 31.9 Å². The third kappa shape index (κ3) is 3.78. The number of hydrogen-bond acceptors (Lipinski definition) is 3. The predicted molar refractivity (Wildman–Crippen MR) is 81.2 cm³/mol. The zero-order valence-electron chi connectivity index (χ0n) is 10.8. The number of aryl methyl sites for hydroxylation is 1. The molecule has 0 fully saturated rings. The number of halogens is 2. The molecule has 0 bridgehead atoms. The van der Waals surface area contributed by atoms with Crippen LogP contribution in [-0.2, 0) is 10.0 Å². The van der Waals surface area contributed by atoms with Crippen LogP contribution in [0.15, 0.2) is 26.0 Å². The lowest BCUT2D eigenvalue weighted by Crippen LogP contribution is -2.31. The molecule has 7 heteroatoms. The number of rotatable bonds is 4. The van der Waals surface area contributed by atoms with Crippen LogP contribution in [0.2, 0.25) is 0 Å². The van der Waals surface area contributed by atoms with E-state index < -0.39 is 10.0 Å². The Bertz CT molecular complexity index is 623.